The lowest BCUT2D eigenvalue weighted by Crippen LogP contribution is -2.40. The molecule has 1 heterocycles. The van der Waals surface area contributed by atoms with E-state index in [0.717, 1.165) is 0 Å². The van der Waals surface area contributed by atoms with Crippen LogP contribution in [0.2, 0.25) is 0 Å². The number of esters is 2. The molecule has 8 nitrogen and oxygen atoms in total. The third kappa shape index (κ3) is 5.21. The lowest BCUT2D eigenvalue weighted by molar-refractivity contribution is -0.684. The second-order valence-corrected chi connectivity index (χ2v) is 5.65. The molecule has 8 heteroatoms. The predicted octanol–water partition coefficient (Wildman–Crippen LogP) is 1.39. The Balaban J connectivity index is 2.23. The van der Waals surface area contributed by atoms with Crippen LogP contribution in [0.3, 0.4) is 0 Å². The minimum Gasteiger partial charge on any atom is -0.465 e. The number of rotatable bonds is 6. The second-order valence-electron chi connectivity index (χ2n) is 5.65. The van der Waals surface area contributed by atoms with Gasteiger partial charge in [-0.1, -0.05) is 0 Å². The van der Waals surface area contributed by atoms with Gasteiger partial charge in [0.05, 0.1) is 30.9 Å². The molecule has 0 aliphatic heterocycles. The van der Waals surface area contributed by atoms with Crippen molar-refractivity contribution in [3.8, 4) is 0 Å². The van der Waals surface area contributed by atoms with Gasteiger partial charge < -0.3 is 14.8 Å². The summed E-state index contributed by atoms with van der Waals surface area (Å²) in [5.41, 5.74) is 0.918. The second kappa shape index (κ2) is 8.70. The number of aromatic nitrogens is 1. The van der Waals surface area contributed by atoms with Crippen LogP contribution in [0.4, 0.5) is 5.69 Å². The topological polar surface area (TPSA) is 103 Å². The monoisotopic (exact) mass is 371 g/mol. The molecule has 0 aliphatic carbocycles. The molecule has 0 aliphatic rings. The molecule has 1 amide bonds. The number of nitrogens with zero attached hydrogens (tertiary/aromatic N) is 1. The zero-order valence-corrected chi connectivity index (χ0v) is 15.1. The minimum atomic E-state index is -0.653. The highest BCUT2D eigenvalue weighted by atomic mass is 16.5. The van der Waals surface area contributed by atoms with Gasteiger partial charge in [-0.25, -0.2) is 9.59 Å². The molecule has 2 rings (SSSR count). The highest BCUT2D eigenvalue weighted by molar-refractivity contribution is 5.99. The molecule has 0 spiro atoms. The van der Waals surface area contributed by atoms with Crippen LogP contribution in [0.1, 0.15) is 38.0 Å². The first kappa shape index (κ1) is 19.8. The van der Waals surface area contributed by atoms with Crippen molar-refractivity contribution in [3.05, 3.63) is 59.4 Å². The zero-order valence-electron chi connectivity index (χ0n) is 15.1. The van der Waals surface area contributed by atoms with E-state index in [4.69, 9.17) is 0 Å². The number of ether oxygens (including phenoxy) is 2. The summed E-state index contributed by atoms with van der Waals surface area (Å²) in [6.45, 7) is 1.38. The van der Waals surface area contributed by atoms with Crippen molar-refractivity contribution in [1.29, 1.82) is 0 Å². The normalized spacial score (nSPS) is 10.0. The number of methoxy groups -OCH3 is 2. The number of anilines is 1. The van der Waals surface area contributed by atoms with Crippen LogP contribution < -0.4 is 9.88 Å². The SMILES string of the molecule is COC(=O)c1cc(NC(=O)C[n+]2cccc(C(C)=O)c2)cc(C(=O)OC)c1. The van der Waals surface area contributed by atoms with Crippen LogP contribution >= 0.6 is 0 Å². The average Bonchev–Trinajstić information content (AvgIpc) is 2.66. The Morgan fingerprint density at radius 3 is 2.07 bits per heavy atom. The van der Waals surface area contributed by atoms with Crippen LogP contribution in [-0.2, 0) is 20.8 Å². The quantitative estimate of drug-likeness (QED) is 0.468. The molecule has 0 saturated heterocycles. The fourth-order valence-corrected chi connectivity index (χ4v) is 2.37. The number of pyridine rings is 1. The Hall–Kier alpha value is -3.55. The Morgan fingerprint density at radius 1 is 0.963 bits per heavy atom. The van der Waals surface area contributed by atoms with Crippen LogP contribution in [0.15, 0.2) is 42.7 Å². The Bertz CT molecular complexity index is 873. The van der Waals surface area contributed by atoms with E-state index in [1.54, 1.807) is 29.1 Å². The van der Waals surface area contributed by atoms with Gasteiger partial charge in [-0.15, -0.1) is 0 Å². The van der Waals surface area contributed by atoms with Crippen LogP contribution in [0.5, 0.6) is 0 Å². The van der Waals surface area contributed by atoms with E-state index in [9.17, 15) is 19.2 Å². The molecule has 27 heavy (non-hydrogen) atoms. The zero-order chi connectivity index (χ0) is 20.0. The van der Waals surface area contributed by atoms with Gasteiger partial charge in [-0.3, -0.25) is 9.59 Å². The summed E-state index contributed by atoms with van der Waals surface area (Å²) >= 11 is 0. The van der Waals surface area contributed by atoms with Crippen molar-refractivity contribution in [2.45, 2.75) is 13.5 Å². The van der Waals surface area contributed by atoms with Gasteiger partial charge in [0.15, 0.2) is 18.2 Å². The van der Waals surface area contributed by atoms with Crippen molar-refractivity contribution < 1.29 is 33.2 Å². The maximum Gasteiger partial charge on any atom is 0.337 e. The molecule has 1 N–H and O–H groups in total. The molecule has 0 radical (unpaired) electrons. The molecule has 140 valence electrons. The van der Waals surface area contributed by atoms with Crippen molar-refractivity contribution in [2.24, 2.45) is 0 Å². The molecular weight excluding hydrogens is 352 g/mol. The first-order chi connectivity index (χ1) is 12.8. The number of nitrogens with one attached hydrogen (secondary N) is 1. The summed E-state index contributed by atoms with van der Waals surface area (Å²) in [6.07, 6.45) is 3.21. The van der Waals surface area contributed by atoms with Crippen LogP contribution in [-0.4, -0.2) is 37.8 Å². The molecule has 0 atom stereocenters. The Morgan fingerprint density at radius 2 is 1.56 bits per heavy atom. The average molecular weight is 371 g/mol. The Kier molecular flexibility index (Phi) is 6.37. The van der Waals surface area contributed by atoms with E-state index in [-0.39, 0.29) is 29.1 Å². The summed E-state index contributed by atoms with van der Waals surface area (Å²) in [4.78, 5) is 47.3. The van der Waals surface area contributed by atoms with Crippen molar-refractivity contribution in [3.63, 3.8) is 0 Å². The predicted molar refractivity (Wildman–Crippen MR) is 94.4 cm³/mol. The number of hydrogen-bond donors (Lipinski definition) is 1. The van der Waals surface area contributed by atoms with Gasteiger partial charge in [-0.2, -0.15) is 4.57 Å². The van der Waals surface area contributed by atoms with Gasteiger partial charge >= 0.3 is 11.9 Å². The molecule has 1 aromatic carbocycles. The molecular formula is C19H19N2O6+. The summed E-state index contributed by atoms with van der Waals surface area (Å²) < 4.78 is 10.9. The van der Waals surface area contributed by atoms with Gasteiger partial charge in [-0.05, 0) is 31.2 Å². The smallest absolute Gasteiger partial charge is 0.337 e. The molecule has 1 aromatic heterocycles. The third-order valence-electron chi connectivity index (χ3n) is 3.65. The summed E-state index contributed by atoms with van der Waals surface area (Å²) in [7, 11) is 2.42. The molecule has 0 unspecified atom stereocenters. The third-order valence-corrected chi connectivity index (χ3v) is 3.65. The van der Waals surface area contributed by atoms with E-state index < -0.39 is 17.8 Å². The molecule has 0 bridgehead atoms. The van der Waals surface area contributed by atoms with E-state index in [0.29, 0.717) is 5.56 Å². The number of hydrogen-bond acceptors (Lipinski definition) is 6. The number of Topliss-reactive ketones (excluding diaryl/α,β-unsaturated/α-hetero) is 1. The first-order valence-corrected chi connectivity index (χ1v) is 7.95. The lowest BCUT2D eigenvalue weighted by atomic mass is 10.1. The number of carbonyl (C=O) groups excluding carboxylic acids is 4. The minimum absolute atomic E-state index is 0.0584. The van der Waals surface area contributed by atoms with Crippen molar-refractivity contribution >= 4 is 29.3 Å². The maximum absolute atomic E-state index is 12.3. The van der Waals surface area contributed by atoms with Gasteiger partial charge in [0.1, 0.15) is 0 Å². The van der Waals surface area contributed by atoms with Gasteiger partial charge in [0, 0.05) is 11.8 Å². The lowest BCUT2D eigenvalue weighted by Gasteiger charge is -2.08. The molecule has 0 fully saturated rings. The standard InChI is InChI=1S/C19H18N2O6/c1-12(22)13-5-4-6-21(10-13)11-17(23)20-16-8-14(18(24)26-2)7-15(9-16)19(25)27-3/h4-10H,11H2,1-3H3/p+1. The van der Waals surface area contributed by atoms with Crippen molar-refractivity contribution in [2.75, 3.05) is 19.5 Å². The number of amides is 1. The first-order valence-electron chi connectivity index (χ1n) is 7.95. The number of benzene rings is 1. The summed E-state index contributed by atoms with van der Waals surface area (Å²) in [5.74, 6) is -1.82. The maximum atomic E-state index is 12.3. The Labute approximate surface area is 155 Å². The summed E-state index contributed by atoms with van der Waals surface area (Å²) in [6, 6.07) is 7.43. The van der Waals surface area contributed by atoms with Crippen molar-refractivity contribution in [1.82, 2.24) is 0 Å². The largest absolute Gasteiger partial charge is 0.465 e. The van der Waals surface area contributed by atoms with E-state index in [2.05, 4.69) is 14.8 Å². The van der Waals surface area contributed by atoms with E-state index in [1.807, 2.05) is 0 Å². The van der Waals surface area contributed by atoms with E-state index >= 15 is 0 Å². The van der Waals surface area contributed by atoms with Crippen LogP contribution in [0.25, 0.3) is 0 Å². The van der Waals surface area contributed by atoms with Crippen LogP contribution in [0, 0.1) is 0 Å². The molecule has 0 saturated carbocycles. The van der Waals surface area contributed by atoms with E-state index in [1.165, 1.54) is 39.3 Å². The van der Waals surface area contributed by atoms with Gasteiger partial charge in [0.2, 0.25) is 6.54 Å². The summed E-state index contributed by atoms with van der Waals surface area (Å²) in [5, 5.41) is 2.62. The fraction of sp³-hybridized carbons (Fsp3) is 0.211. The fourth-order valence-electron chi connectivity index (χ4n) is 2.37. The highest BCUT2D eigenvalue weighted by Crippen LogP contribution is 2.17. The highest BCUT2D eigenvalue weighted by Gasteiger charge is 2.17. The number of ketones is 1. The molecule has 2 aromatic rings. The number of carbonyl (C=O) groups is 4. The van der Waals surface area contributed by atoms with Gasteiger partial charge in [0.25, 0.3) is 5.91 Å².